The first-order valence-corrected chi connectivity index (χ1v) is 5.95. The maximum Gasteiger partial charge on any atom is 0.0522 e. The lowest BCUT2D eigenvalue weighted by atomic mass is 10.1. The van der Waals surface area contributed by atoms with Gasteiger partial charge in [0.15, 0.2) is 0 Å². The van der Waals surface area contributed by atoms with Gasteiger partial charge in [0.05, 0.1) is 5.69 Å². The van der Waals surface area contributed by atoms with Gasteiger partial charge >= 0.3 is 0 Å². The Balaban J connectivity index is 1.79. The van der Waals surface area contributed by atoms with E-state index in [1.165, 1.54) is 18.5 Å². The number of rotatable bonds is 6. The molecule has 1 aliphatic rings. The first-order chi connectivity index (χ1) is 7.23. The van der Waals surface area contributed by atoms with E-state index < -0.39 is 0 Å². The third kappa shape index (κ3) is 2.81. The Labute approximate surface area is 91.9 Å². The van der Waals surface area contributed by atoms with Gasteiger partial charge in [0.2, 0.25) is 0 Å². The van der Waals surface area contributed by atoms with Crippen LogP contribution in [0.2, 0.25) is 0 Å². The molecule has 0 aliphatic heterocycles. The van der Waals surface area contributed by atoms with Crippen molar-refractivity contribution in [3.05, 3.63) is 18.0 Å². The molecule has 15 heavy (non-hydrogen) atoms. The summed E-state index contributed by atoms with van der Waals surface area (Å²) in [7, 11) is 0. The highest BCUT2D eigenvalue weighted by atomic mass is 15.3. The second-order valence-corrected chi connectivity index (χ2v) is 4.96. The van der Waals surface area contributed by atoms with Crippen LogP contribution in [0.4, 0.5) is 0 Å². The van der Waals surface area contributed by atoms with Crippen molar-refractivity contribution in [3.63, 3.8) is 0 Å². The van der Waals surface area contributed by atoms with Gasteiger partial charge in [-0.05, 0) is 30.7 Å². The van der Waals surface area contributed by atoms with Crippen molar-refractivity contribution in [2.24, 2.45) is 5.41 Å². The number of hydrogen-bond donors (Lipinski definition) is 1. The molecule has 1 N–H and O–H groups in total. The first-order valence-electron chi connectivity index (χ1n) is 5.95. The van der Waals surface area contributed by atoms with Gasteiger partial charge in [-0.2, -0.15) is 5.10 Å². The molecule has 0 spiro atoms. The van der Waals surface area contributed by atoms with Gasteiger partial charge in [0, 0.05) is 25.8 Å². The molecule has 2 rings (SSSR count). The van der Waals surface area contributed by atoms with E-state index in [0.717, 1.165) is 26.1 Å². The Kier molecular flexibility index (Phi) is 3.10. The number of aromatic nitrogens is 2. The zero-order valence-electron chi connectivity index (χ0n) is 9.79. The molecule has 1 saturated carbocycles. The first kappa shape index (κ1) is 10.7. The Morgan fingerprint density at radius 2 is 2.33 bits per heavy atom. The lowest BCUT2D eigenvalue weighted by molar-refractivity contribution is 0.480. The number of nitrogens with zero attached hydrogens (tertiary/aromatic N) is 2. The predicted molar refractivity (Wildman–Crippen MR) is 61.6 cm³/mol. The van der Waals surface area contributed by atoms with E-state index in [4.69, 9.17) is 0 Å². The van der Waals surface area contributed by atoms with Crippen LogP contribution in [0.1, 0.15) is 38.8 Å². The fraction of sp³-hybridized carbons (Fsp3) is 0.750. The maximum atomic E-state index is 4.31. The SMILES string of the molecule is CCCn1nccc1CNCC1(C)CC1. The Hall–Kier alpha value is -0.830. The van der Waals surface area contributed by atoms with Crippen molar-refractivity contribution < 1.29 is 0 Å². The molecule has 1 aliphatic carbocycles. The number of hydrogen-bond acceptors (Lipinski definition) is 2. The lowest BCUT2D eigenvalue weighted by Gasteiger charge is -2.11. The standard InChI is InChI=1S/C12H21N3/c1-3-8-15-11(4-7-14-15)9-13-10-12(2)5-6-12/h4,7,13H,3,5-6,8-10H2,1-2H3. The molecule has 1 aromatic rings. The summed E-state index contributed by atoms with van der Waals surface area (Å²) in [6.07, 6.45) is 5.81. The highest BCUT2D eigenvalue weighted by molar-refractivity contribution is 5.00. The topological polar surface area (TPSA) is 29.9 Å². The molecule has 0 amide bonds. The van der Waals surface area contributed by atoms with E-state index in [1.807, 2.05) is 6.20 Å². The Bertz CT molecular complexity index is 312. The average molecular weight is 207 g/mol. The summed E-state index contributed by atoms with van der Waals surface area (Å²) >= 11 is 0. The fourth-order valence-corrected chi connectivity index (χ4v) is 1.81. The van der Waals surface area contributed by atoms with Crippen LogP contribution in [0.5, 0.6) is 0 Å². The molecule has 0 radical (unpaired) electrons. The molecular weight excluding hydrogens is 186 g/mol. The summed E-state index contributed by atoms with van der Waals surface area (Å²) in [6, 6.07) is 2.11. The van der Waals surface area contributed by atoms with E-state index in [-0.39, 0.29) is 0 Å². The maximum absolute atomic E-state index is 4.31. The molecule has 1 fully saturated rings. The van der Waals surface area contributed by atoms with Crippen LogP contribution in [-0.4, -0.2) is 16.3 Å². The molecule has 0 saturated heterocycles. The number of aryl methyl sites for hydroxylation is 1. The van der Waals surface area contributed by atoms with Crippen LogP contribution in [-0.2, 0) is 13.1 Å². The quantitative estimate of drug-likeness (QED) is 0.775. The lowest BCUT2D eigenvalue weighted by Crippen LogP contribution is -2.23. The van der Waals surface area contributed by atoms with Gasteiger partial charge in [-0.1, -0.05) is 13.8 Å². The third-order valence-corrected chi connectivity index (χ3v) is 3.20. The van der Waals surface area contributed by atoms with E-state index in [1.54, 1.807) is 0 Å². The average Bonchev–Trinajstić information content (AvgIpc) is 2.76. The predicted octanol–water partition coefficient (Wildman–Crippen LogP) is 2.18. The Morgan fingerprint density at radius 1 is 1.53 bits per heavy atom. The van der Waals surface area contributed by atoms with Gasteiger partial charge in [-0.15, -0.1) is 0 Å². The molecule has 3 nitrogen and oxygen atoms in total. The van der Waals surface area contributed by atoms with Crippen LogP contribution in [0.25, 0.3) is 0 Å². The molecule has 0 unspecified atom stereocenters. The normalized spacial score (nSPS) is 18.0. The minimum atomic E-state index is 0.593. The third-order valence-electron chi connectivity index (χ3n) is 3.20. The summed E-state index contributed by atoms with van der Waals surface area (Å²) in [5.41, 5.74) is 1.90. The Morgan fingerprint density at radius 3 is 3.00 bits per heavy atom. The van der Waals surface area contributed by atoms with Crippen molar-refractivity contribution in [1.82, 2.24) is 15.1 Å². The largest absolute Gasteiger partial charge is 0.311 e. The van der Waals surface area contributed by atoms with Crippen LogP contribution in [0, 0.1) is 5.41 Å². The van der Waals surface area contributed by atoms with Crippen LogP contribution < -0.4 is 5.32 Å². The second kappa shape index (κ2) is 4.35. The molecular formula is C12H21N3. The van der Waals surface area contributed by atoms with Gasteiger partial charge in [-0.25, -0.2) is 0 Å². The molecule has 0 bridgehead atoms. The van der Waals surface area contributed by atoms with Gasteiger partial charge in [-0.3, -0.25) is 4.68 Å². The minimum absolute atomic E-state index is 0.593. The van der Waals surface area contributed by atoms with Crippen LogP contribution >= 0.6 is 0 Å². The molecule has 0 atom stereocenters. The monoisotopic (exact) mass is 207 g/mol. The van der Waals surface area contributed by atoms with E-state index >= 15 is 0 Å². The minimum Gasteiger partial charge on any atom is -0.311 e. The van der Waals surface area contributed by atoms with E-state index in [2.05, 4.69) is 35.0 Å². The van der Waals surface area contributed by atoms with Crippen molar-refractivity contribution in [3.8, 4) is 0 Å². The summed E-state index contributed by atoms with van der Waals surface area (Å²) in [5, 5.41) is 7.84. The van der Waals surface area contributed by atoms with Gasteiger partial charge in [0.25, 0.3) is 0 Å². The molecule has 84 valence electrons. The molecule has 1 aromatic heterocycles. The van der Waals surface area contributed by atoms with E-state index in [9.17, 15) is 0 Å². The van der Waals surface area contributed by atoms with Crippen molar-refractivity contribution >= 4 is 0 Å². The van der Waals surface area contributed by atoms with Crippen molar-refractivity contribution in [2.75, 3.05) is 6.54 Å². The van der Waals surface area contributed by atoms with Crippen LogP contribution in [0.3, 0.4) is 0 Å². The second-order valence-electron chi connectivity index (χ2n) is 4.96. The van der Waals surface area contributed by atoms with Gasteiger partial charge in [0.1, 0.15) is 0 Å². The number of nitrogens with one attached hydrogen (secondary N) is 1. The summed E-state index contributed by atoms with van der Waals surface area (Å²) in [4.78, 5) is 0. The van der Waals surface area contributed by atoms with Crippen LogP contribution in [0.15, 0.2) is 12.3 Å². The van der Waals surface area contributed by atoms with E-state index in [0.29, 0.717) is 5.41 Å². The summed E-state index contributed by atoms with van der Waals surface area (Å²) in [6.45, 7) is 7.66. The highest BCUT2D eigenvalue weighted by Gasteiger charge is 2.36. The highest BCUT2D eigenvalue weighted by Crippen LogP contribution is 2.44. The molecule has 3 heteroatoms. The summed E-state index contributed by atoms with van der Waals surface area (Å²) in [5.74, 6) is 0. The molecule has 1 heterocycles. The molecule has 0 aromatic carbocycles. The zero-order chi connectivity index (χ0) is 10.7. The fourth-order valence-electron chi connectivity index (χ4n) is 1.81. The van der Waals surface area contributed by atoms with Gasteiger partial charge < -0.3 is 5.32 Å². The van der Waals surface area contributed by atoms with Crippen molar-refractivity contribution in [1.29, 1.82) is 0 Å². The van der Waals surface area contributed by atoms with Crippen molar-refractivity contribution in [2.45, 2.75) is 46.2 Å². The summed E-state index contributed by atoms with van der Waals surface area (Å²) < 4.78 is 2.10. The smallest absolute Gasteiger partial charge is 0.0522 e. The zero-order valence-corrected chi connectivity index (χ0v) is 9.79.